The Labute approximate surface area is 144 Å². The third-order valence-electron chi connectivity index (χ3n) is 3.44. The fourth-order valence-electron chi connectivity index (χ4n) is 2.30. The van der Waals surface area contributed by atoms with Crippen LogP contribution in [0.3, 0.4) is 0 Å². The molecule has 6 nitrogen and oxygen atoms in total. The van der Waals surface area contributed by atoms with E-state index in [9.17, 15) is 12.8 Å². The van der Waals surface area contributed by atoms with Crippen molar-refractivity contribution in [3.05, 3.63) is 60.0 Å². The first-order valence-corrected chi connectivity index (χ1v) is 8.77. The maximum absolute atomic E-state index is 13.3. The summed E-state index contributed by atoms with van der Waals surface area (Å²) in [6, 6.07) is 11.5. The van der Waals surface area contributed by atoms with Gasteiger partial charge in [0.2, 0.25) is 0 Å². The van der Waals surface area contributed by atoms with E-state index in [-0.39, 0.29) is 16.3 Å². The SMILES string of the molecule is COc1ccc(-c2cc(C)no2)cc1S(=O)(=O)Nc1cccc(F)c1. The smallest absolute Gasteiger partial charge is 0.265 e. The van der Waals surface area contributed by atoms with Gasteiger partial charge in [-0.25, -0.2) is 12.8 Å². The summed E-state index contributed by atoms with van der Waals surface area (Å²) in [5.41, 5.74) is 1.32. The van der Waals surface area contributed by atoms with Crippen LogP contribution < -0.4 is 9.46 Å². The lowest BCUT2D eigenvalue weighted by Crippen LogP contribution is -2.14. The number of hydrogen-bond donors (Lipinski definition) is 1. The Bertz CT molecular complexity index is 1010. The average molecular weight is 362 g/mol. The largest absolute Gasteiger partial charge is 0.495 e. The minimum atomic E-state index is -4.00. The second-order valence-electron chi connectivity index (χ2n) is 5.31. The molecule has 0 unspecified atom stereocenters. The average Bonchev–Trinajstić information content (AvgIpc) is 3.00. The van der Waals surface area contributed by atoms with Gasteiger partial charge in [0, 0.05) is 11.6 Å². The number of benzene rings is 2. The molecule has 1 aromatic heterocycles. The molecule has 0 fully saturated rings. The molecule has 3 rings (SSSR count). The van der Waals surface area contributed by atoms with E-state index in [4.69, 9.17) is 9.26 Å². The summed E-state index contributed by atoms with van der Waals surface area (Å²) in [5.74, 6) is 0.0456. The molecule has 130 valence electrons. The van der Waals surface area contributed by atoms with Crippen LogP contribution in [0.5, 0.6) is 5.75 Å². The number of methoxy groups -OCH3 is 1. The summed E-state index contributed by atoms with van der Waals surface area (Å²) in [6.45, 7) is 1.76. The number of rotatable bonds is 5. The van der Waals surface area contributed by atoms with E-state index in [1.807, 2.05) is 0 Å². The fraction of sp³-hybridized carbons (Fsp3) is 0.118. The quantitative estimate of drug-likeness (QED) is 0.750. The van der Waals surface area contributed by atoms with E-state index in [2.05, 4.69) is 9.88 Å². The van der Waals surface area contributed by atoms with Gasteiger partial charge in [-0.3, -0.25) is 4.72 Å². The highest BCUT2D eigenvalue weighted by atomic mass is 32.2. The van der Waals surface area contributed by atoms with Gasteiger partial charge in [0.1, 0.15) is 16.5 Å². The lowest BCUT2D eigenvalue weighted by atomic mass is 10.1. The molecule has 0 atom stereocenters. The van der Waals surface area contributed by atoms with E-state index in [0.717, 1.165) is 6.07 Å². The van der Waals surface area contributed by atoms with E-state index in [1.54, 1.807) is 19.1 Å². The van der Waals surface area contributed by atoms with Crippen molar-refractivity contribution >= 4 is 15.7 Å². The number of nitrogens with one attached hydrogen (secondary N) is 1. The number of ether oxygens (including phenoxy) is 1. The van der Waals surface area contributed by atoms with Crippen LogP contribution in [0.2, 0.25) is 0 Å². The first-order chi connectivity index (χ1) is 11.9. The van der Waals surface area contributed by atoms with Gasteiger partial charge in [0.25, 0.3) is 10.0 Å². The van der Waals surface area contributed by atoms with Gasteiger partial charge in [-0.2, -0.15) is 0 Å². The van der Waals surface area contributed by atoms with Crippen LogP contribution in [-0.2, 0) is 10.0 Å². The standard InChI is InChI=1S/C17H15FN2O4S/c1-11-8-16(24-19-11)12-6-7-15(23-2)17(9-12)25(21,22)20-14-5-3-4-13(18)10-14/h3-10,20H,1-2H3. The minimum Gasteiger partial charge on any atom is -0.495 e. The van der Waals surface area contributed by atoms with Crippen LogP contribution in [0.4, 0.5) is 10.1 Å². The van der Waals surface area contributed by atoms with Crippen molar-refractivity contribution < 1.29 is 22.1 Å². The molecule has 0 aliphatic rings. The minimum absolute atomic E-state index is 0.0918. The highest BCUT2D eigenvalue weighted by Gasteiger charge is 2.21. The van der Waals surface area contributed by atoms with Gasteiger partial charge < -0.3 is 9.26 Å². The summed E-state index contributed by atoms with van der Waals surface area (Å²) in [5, 5.41) is 3.79. The number of sulfonamides is 1. The topological polar surface area (TPSA) is 81.4 Å². The van der Waals surface area contributed by atoms with Crippen molar-refractivity contribution in [1.82, 2.24) is 5.16 Å². The Morgan fingerprint density at radius 3 is 2.60 bits per heavy atom. The van der Waals surface area contributed by atoms with Gasteiger partial charge in [0.15, 0.2) is 5.76 Å². The maximum Gasteiger partial charge on any atom is 0.265 e. The van der Waals surface area contributed by atoms with Crippen LogP contribution in [0.1, 0.15) is 5.69 Å². The normalized spacial score (nSPS) is 11.3. The monoisotopic (exact) mass is 362 g/mol. The Balaban J connectivity index is 2.04. The molecule has 0 aliphatic carbocycles. The highest BCUT2D eigenvalue weighted by Crippen LogP contribution is 2.31. The number of hydrogen-bond acceptors (Lipinski definition) is 5. The van der Waals surface area contributed by atoms with Crippen molar-refractivity contribution in [2.45, 2.75) is 11.8 Å². The zero-order valence-electron chi connectivity index (χ0n) is 13.5. The molecular formula is C17H15FN2O4S. The molecule has 0 radical (unpaired) electrons. The third-order valence-corrected chi connectivity index (χ3v) is 4.84. The van der Waals surface area contributed by atoms with Crippen molar-refractivity contribution in [3.63, 3.8) is 0 Å². The molecule has 3 aromatic rings. The van der Waals surface area contributed by atoms with Crippen LogP contribution in [0.25, 0.3) is 11.3 Å². The molecule has 1 heterocycles. The van der Waals surface area contributed by atoms with Crippen molar-refractivity contribution in [2.75, 3.05) is 11.8 Å². The van der Waals surface area contributed by atoms with Gasteiger partial charge >= 0.3 is 0 Å². The Morgan fingerprint density at radius 2 is 1.96 bits per heavy atom. The number of aromatic nitrogens is 1. The molecule has 0 saturated carbocycles. The molecule has 0 bridgehead atoms. The molecule has 0 spiro atoms. The highest BCUT2D eigenvalue weighted by molar-refractivity contribution is 7.92. The lowest BCUT2D eigenvalue weighted by molar-refractivity contribution is 0.402. The summed E-state index contributed by atoms with van der Waals surface area (Å²) in [7, 11) is -2.63. The Morgan fingerprint density at radius 1 is 1.16 bits per heavy atom. The number of halogens is 1. The summed E-state index contributed by atoms with van der Waals surface area (Å²) in [4.78, 5) is -0.0918. The molecule has 1 N–H and O–H groups in total. The summed E-state index contributed by atoms with van der Waals surface area (Å²) < 4.78 is 51.4. The van der Waals surface area contributed by atoms with Crippen LogP contribution in [-0.4, -0.2) is 20.7 Å². The van der Waals surface area contributed by atoms with Gasteiger partial charge in [-0.05, 0) is 43.3 Å². The Hall–Kier alpha value is -2.87. The summed E-state index contributed by atoms with van der Waals surface area (Å²) in [6.07, 6.45) is 0. The number of aryl methyl sites for hydroxylation is 1. The van der Waals surface area contributed by atoms with Crippen molar-refractivity contribution in [2.24, 2.45) is 0 Å². The van der Waals surface area contributed by atoms with Gasteiger partial charge in [0.05, 0.1) is 18.5 Å². The molecule has 2 aromatic carbocycles. The van der Waals surface area contributed by atoms with Crippen molar-refractivity contribution in [1.29, 1.82) is 0 Å². The molecule has 8 heteroatoms. The Kier molecular flexibility index (Phi) is 4.45. The maximum atomic E-state index is 13.3. The van der Waals surface area contributed by atoms with E-state index < -0.39 is 15.8 Å². The van der Waals surface area contributed by atoms with Crippen LogP contribution in [0.15, 0.2) is 57.9 Å². The fourth-order valence-corrected chi connectivity index (χ4v) is 3.55. The van der Waals surface area contributed by atoms with Crippen molar-refractivity contribution in [3.8, 4) is 17.1 Å². The molecule has 25 heavy (non-hydrogen) atoms. The predicted octanol–water partition coefficient (Wildman–Crippen LogP) is 3.60. The molecule has 0 aliphatic heterocycles. The van der Waals surface area contributed by atoms with E-state index in [1.165, 1.54) is 37.4 Å². The number of nitrogens with zero attached hydrogens (tertiary/aromatic N) is 1. The zero-order chi connectivity index (χ0) is 18.0. The predicted molar refractivity (Wildman–Crippen MR) is 90.4 cm³/mol. The zero-order valence-corrected chi connectivity index (χ0v) is 14.3. The van der Waals surface area contributed by atoms with E-state index >= 15 is 0 Å². The second kappa shape index (κ2) is 6.56. The first kappa shape index (κ1) is 17.0. The molecular weight excluding hydrogens is 347 g/mol. The molecule has 0 saturated heterocycles. The summed E-state index contributed by atoms with van der Waals surface area (Å²) >= 11 is 0. The third kappa shape index (κ3) is 3.63. The van der Waals surface area contributed by atoms with Crippen LogP contribution in [0, 0.1) is 12.7 Å². The van der Waals surface area contributed by atoms with E-state index in [0.29, 0.717) is 17.0 Å². The second-order valence-corrected chi connectivity index (χ2v) is 6.96. The van der Waals surface area contributed by atoms with Gasteiger partial charge in [-0.15, -0.1) is 0 Å². The van der Waals surface area contributed by atoms with Crippen LogP contribution >= 0.6 is 0 Å². The van der Waals surface area contributed by atoms with Gasteiger partial charge in [-0.1, -0.05) is 11.2 Å². The first-order valence-electron chi connectivity index (χ1n) is 7.29. The number of anilines is 1. The molecule has 0 amide bonds. The lowest BCUT2D eigenvalue weighted by Gasteiger charge is -2.12.